The Labute approximate surface area is 757 Å². The van der Waals surface area contributed by atoms with Crippen LogP contribution in [-0.2, 0) is 56.9 Å². The number of amides is 2. The molecule has 0 aliphatic rings. The number of hydrogen-bond donors (Lipinski definition) is 4. The van der Waals surface area contributed by atoms with Crippen molar-refractivity contribution in [1.29, 1.82) is 0 Å². The number of halogens is 3. The monoisotopic (exact) mass is 1820 g/mol. The van der Waals surface area contributed by atoms with Crippen molar-refractivity contribution >= 4 is 171 Å². The first-order chi connectivity index (χ1) is 62.2. The molecule has 0 aliphatic carbocycles. The number of furan rings is 4. The van der Waals surface area contributed by atoms with Crippen molar-refractivity contribution in [3.63, 3.8) is 0 Å². The second-order valence-corrected chi connectivity index (χ2v) is 35.3. The predicted octanol–water partition coefficient (Wildman–Crippen LogP) is 24.6. The lowest BCUT2D eigenvalue weighted by molar-refractivity contribution is -0.132. The average molecular weight is 1820 g/mol. The summed E-state index contributed by atoms with van der Waals surface area (Å²) in [5.41, 5.74) is 9.65. The molecule has 0 atom stereocenters. The molecule has 0 unspecified atom stereocenters. The summed E-state index contributed by atoms with van der Waals surface area (Å²) in [7, 11) is -8.28. The number of carbonyl (C=O) groups is 5. The van der Waals surface area contributed by atoms with Crippen LogP contribution in [0.15, 0.2) is 313 Å². The minimum atomic E-state index is -4.16. The molecular formula is C104H85Cl3N2O18S2. The van der Waals surface area contributed by atoms with E-state index in [1.807, 2.05) is 204 Å². The van der Waals surface area contributed by atoms with Gasteiger partial charge in [0.15, 0.2) is 17.3 Å². The van der Waals surface area contributed by atoms with E-state index in [2.05, 4.69) is 33.7 Å². The molecule has 18 aromatic rings. The number of carboxylic acid groups (broad SMARTS) is 2. The summed E-state index contributed by atoms with van der Waals surface area (Å²) in [5, 5.41) is 31.0. The molecule has 4 heterocycles. The van der Waals surface area contributed by atoms with Crippen LogP contribution in [0.2, 0.25) is 15.1 Å². The van der Waals surface area contributed by atoms with E-state index >= 15 is 0 Å². The first-order valence-corrected chi connectivity index (χ1v) is 45.6. The Bertz CT molecular complexity index is 7510. The quantitative estimate of drug-likeness (QED) is 0.0211. The second kappa shape index (κ2) is 39.9. The normalized spacial score (nSPS) is 11.4. The highest BCUT2D eigenvalue weighted by Crippen LogP contribution is 2.37. The number of aliphatic carboxylic acids is 1. The van der Waals surface area contributed by atoms with Gasteiger partial charge in [0, 0.05) is 69.6 Å². The van der Waals surface area contributed by atoms with Crippen LogP contribution in [-0.4, -0.2) is 76.4 Å². The minimum Gasteiger partial charge on any atom is -0.494 e. The fourth-order valence-electron chi connectivity index (χ4n) is 15.8. The van der Waals surface area contributed by atoms with Crippen LogP contribution in [0.5, 0.6) is 17.2 Å². The van der Waals surface area contributed by atoms with Gasteiger partial charge in [0.1, 0.15) is 39.6 Å². The van der Waals surface area contributed by atoms with Crippen LogP contribution in [0.1, 0.15) is 112 Å². The summed E-state index contributed by atoms with van der Waals surface area (Å²) in [6.45, 7) is 8.91. The molecule has 2 amide bonds. The Morgan fingerprint density at radius 2 is 0.736 bits per heavy atom. The first-order valence-electron chi connectivity index (χ1n) is 41.5. The Morgan fingerprint density at radius 1 is 0.341 bits per heavy atom. The van der Waals surface area contributed by atoms with Crippen LogP contribution in [0.25, 0.3) is 87.0 Å². The maximum atomic E-state index is 13.3. The van der Waals surface area contributed by atoms with Gasteiger partial charge in [0.2, 0.25) is 5.76 Å². The van der Waals surface area contributed by atoms with Gasteiger partial charge in [-0.3, -0.25) is 14.4 Å². The van der Waals surface area contributed by atoms with Gasteiger partial charge in [0.05, 0.1) is 29.6 Å². The van der Waals surface area contributed by atoms with Crippen molar-refractivity contribution in [2.24, 2.45) is 0 Å². The third-order valence-corrected chi connectivity index (χ3v) is 26.1. The van der Waals surface area contributed by atoms with Crippen molar-refractivity contribution in [1.82, 2.24) is 9.44 Å². The number of carbonyl (C=O) groups excluding carboxylic acids is 3. The zero-order valence-electron chi connectivity index (χ0n) is 70.3. The van der Waals surface area contributed by atoms with Crippen molar-refractivity contribution in [2.45, 2.75) is 88.9 Å². The number of fused-ring (bicyclic) bond motifs is 8. The molecule has 20 nitrogen and oxygen atoms in total. The smallest absolute Gasteiger partial charge is 0.380 e. The Hall–Kier alpha value is -14.0. The number of carboxylic acids is 2. The lowest BCUT2D eigenvalue weighted by Crippen LogP contribution is -2.31. The van der Waals surface area contributed by atoms with E-state index in [1.165, 1.54) is 28.5 Å². The topological polar surface area (TPSA) is 298 Å². The van der Waals surface area contributed by atoms with Crippen LogP contribution in [0.3, 0.4) is 0 Å². The van der Waals surface area contributed by atoms with Crippen LogP contribution >= 0.6 is 34.8 Å². The summed E-state index contributed by atoms with van der Waals surface area (Å²) in [6.07, 6.45) is 4.48. The van der Waals surface area contributed by atoms with Crippen molar-refractivity contribution in [3.05, 3.63) is 373 Å². The molecule has 25 heteroatoms. The largest absolute Gasteiger partial charge is 0.494 e. The molecule has 652 valence electrons. The summed E-state index contributed by atoms with van der Waals surface area (Å²) in [5.74, 6) is -3.17. The molecular weight excluding hydrogens is 1740 g/mol. The molecule has 0 saturated carbocycles. The first kappa shape index (κ1) is 89.8. The molecule has 14 aromatic carbocycles. The molecule has 0 bridgehead atoms. The summed E-state index contributed by atoms with van der Waals surface area (Å²) in [6, 6.07) is 87.1. The highest BCUT2D eigenvalue weighted by Gasteiger charge is 2.31. The molecule has 129 heavy (non-hydrogen) atoms. The molecule has 0 fully saturated rings. The maximum absolute atomic E-state index is 13.3. The van der Waals surface area contributed by atoms with Gasteiger partial charge < -0.3 is 42.1 Å². The zero-order chi connectivity index (χ0) is 90.6. The number of benzene rings is 14. The lowest BCUT2D eigenvalue weighted by Gasteiger charge is -2.11. The van der Waals surface area contributed by atoms with E-state index in [0.717, 1.165) is 105 Å². The maximum Gasteiger partial charge on any atom is 0.380 e. The highest BCUT2D eigenvalue weighted by molar-refractivity contribution is 7.90. The second-order valence-electron chi connectivity index (χ2n) is 30.8. The van der Waals surface area contributed by atoms with E-state index < -0.39 is 49.6 Å². The van der Waals surface area contributed by atoms with Gasteiger partial charge >= 0.3 is 29.5 Å². The van der Waals surface area contributed by atoms with E-state index in [1.54, 1.807) is 72.8 Å². The van der Waals surface area contributed by atoms with Crippen molar-refractivity contribution in [2.75, 3.05) is 19.8 Å². The van der Waals surface area contributed by atoms with Crippen molar-refractivity contribution < 1.29 is 82.9 Å². The van der Waals surface area contributed by atoms with E-state index in [0.29, 0.717) is 120 Å². The summed E-state index contributed by atoms with van der Waals surface area (Å²) >= 11 is 18.6. The predicted molar refractivity (Wildman–Crippen MR) is 505 cm³/mol. The number of rotatable bonds is 27. The lowest BCUT2D eigenvalue weighted by atomic mass is 9.97. The van der Waals surface area contributed by atoms with E-state index in [4.69, 9.17) is 71.8 Å². The molecule has 0 radical (unpaired) electrons. The van der Waals surface area contributed by atoms with Crippen molar-refractivity contribution in [3.8, 4) is 17.2 Å². The Morgan fingerprint density at radius 3 is 1.26 bits per heavy atom. The van der Waals surface area contributed by atoms with Gasteiger partial charge in [-0.1, -0.05) is 235 Å². The van der Waals surface area contributed by atoms with Gasteiger partial charge in [-0.05, 0) is 224 Å². The van der Waals surface area contributed by atoms with Crippen LogP contribution in [0, 0.1) is 27.7 Å². The standard InChI is InChI=1S/2C30H26ClNO5S.C23H17ClO5.C21H16O3/c1-19-17-22(18-20(2)28(19)31)36-16-8-13-25-24-12-5-6-14-26(24)37-29(25)30(33)32-38(34,35)27-15-7-10-21-9-3-4-11-23(21)27;1-19-16-23(17-20(2)28(19)31)36-15-7-11-26-25-10-5-6-12-27(25)37-29(26)30(33)32-38(34,35)24-14-13-21-8-3-4-9-22(21)18-24;24-15-10-11-20-18(13-15)17(22(29-20)21(25)23(26)27)8-4-12-28-19-9-3-6-14-5-1-2-7-16(14)19;22-21(23)20-18(17-10-3-4-11-19(17)24-20)13-12-15-8-5-7-14-6-1-2-9-16(14)15/h3-7,9-12,14-15,17-18H,8,13,16H2,1-2H3,(H,32,33);3-6,8-10,12-14,16-18H,7,11,15H2,1-2H3,(H,32,33);1-3,5-7,9-11,13H,4,8,12H2,(H,26,27);1-11H,12-13H2,(H,22,23). The summed E-state index contributed by atoms with van der Waals surface area (Å²) in [4.78, 5) is 61.3. The number of ketones is 1. The Kier molecular flexibility index (Phi) is 27.8. The summed E-state index contributed by atoms with van der Waals surface area (Å²) < 4.78 is 97.6. The van der Waals surface area contributed by atoms with Crippen LogP contribution in [0.4, 0.5) is 0 Å². The molecule has 0 spiro atoms. The minimum absolute atomic E-state index is 0.00385. The van der Waals surface area contributed by atoms with Gasteiger partial charge in [-0.2, -0.15) is 0 Å². The number of Topliss-reactive ketones (excluding diaryl/α,β-unsaturated/α-hetero) is 1. The zero-order valence-corrected chi connectivity index (χ0v) is 74.2. The third kappa shape index (κ3) is 20.7. The van der Waals surface area contributed by atoms with E-state index in [9.17, 15) is 45.9 Å². The van der Waals surface area contributed by atoms with Gasteiger partial charge in [-0.25, -0.2) is 35.9 Å². The number of aryl methyl sites for hydroxylation is 9. The highest BCUT2D eigenvalue weighted by atomic mass is 35.5. The number of para-hydroxylation sites is 3. The van der Waals surface area contributed by atoms with Crippen LogP contribution < -0.4 is 23.7 Å². The Balaban J connectivity index is 0.000000134. The molecule has 18 rings (SSSR count). The molecule has 4 N–H and O–H groups in total. The SMILES string of the molecule is Cc1cc(OCCCc2c(C(=O)NS(=O)(=O)c3ccc4ccccc4c3)oc3ccccc23)cc(C)c1Cl.Cc1cc(OCCCc2c(C(=O)NS(=O)(=O)c3cccc4ccccc34)oc3ccccc23)cc(C)c1Cl.O=C(O)C(=O)c1oc2ccc(Cl)cc2c1CCCOc1cccc2ccccc12.O=C(O)c1oc2ccccc2c1CCc1cccc2ccccc12. The average Bonchev–Trinajstić information content (AvgIpc) is 1.62. The molecule has 0 saturated heterocycles. The number of hydrogen-bond acceptors (Lipinski definition) is 16. The number of nitrogens with one attached hydrogen (secondary N) is 2. The molecule has 4 aromatic heterocycles. The van der Waals surface area contributed by atoms with Gasteiger partial charge in [0.25, 0.3) is 20.0 Å². The number of aromatic carboxylic acids is 1. The van der Waals surface area contributed by atoms with Gasteiger partial charge in [-0.15, -0.1) is 0 Å². The number of sulfonamides is 2. The number of ether oxygens (including phenoxy) is 3. The third-order valence-electron chi connectivity index (χ3n) is 22.0. The molecule has 0 aliphatic heterocycles. The fraction of sp³-hybridized carbons (Fsp3) is 0.144. The van der Waals surface area contributed by atoms with E-state index in [-0.39, 0.29) is 32.8 Å². The fourth-order valence-corrected chi connectivity index (χ4v) is 18.4.